The molecule has 2 aromatic rings. The molecule has 0 aliphatic rings. The molecule has 0 aromatic carbocycles. The third-order valence-corrected chi connectivity index (χ3v) is 2.26. The molecule has 0 N–H and O–H groups in total. The van der Waals surface area contributed by atoms with Gasteiger partial charge in [-0.05, 0) is 0 Å². The predicted octanol–water partition coefficient (Wildman–Crippen LogP) is 2.36. The van der Waals surface area contributed by atoms with Crippen molar-refractivity contribution in [2.45, 2.75) is 11.8 Å². The van der Waals surface area contributed by atoms with Gasteiger partial charge in [0.2, 0.25) is 0 Å². The van der Waals surface area contributed by atoms with Crippen LogP contribution in [0.3, 0.4) is 0 Å². The van der Waals surface area contributed by atoms with Gasteiger partial charge in [-0.1, -0.05) is 15.9 Å². The Balaban J connectivity index is 2.28. The van der Waals surface area contributed by atoms with Crippen molar-refractivity contribution in [2.24, 2.45) is 0 Å². The van der Waals surface area contributed by atoms with Gasteiger partial charge in [0.25, 0.3) is 11.8 Å². The largest absolute Gasteiger partial charge is 0.414 e. The summed E-state index contributed by atoms with van der Waals surface area (Å²) in [6, 6.07) is 0. The van der Waals surface area contributed by atoms with Crippen LogP contribution in [0.1, 0.15) is 18.0 Å². The van der Waals surface area contributed by atoms with Crippen LogP contribution in [0.4, 0.5) is 8.78 Å². The Morgan fingerprint density at radius 1 is 1.25 bits per heavy atom. The lowest BCUT2D eigenvalue weighted by molar-refractivity contribution is 0.116. The molecule has 16 heavy (non-hydrogen) atoms. The fourth-order valence-corrected chi connectivity index (χ4v) is 1.25. The predicted molar refractivity (Wildman–Crippen MR) is 52.9 cm³/mol. The molecule has 0 saturated carbocycles. The van der Waals surface area contributed by atoms with E-state index in [2.05, 4.69) is 36.1 Å². The van der Waals surface area contributed by atoms with Gasteiger partial charge in [0.15, 0.2) is 0 Å². The molecule has 0 bridgehead atoms. The molecule has 2 rings (SSSR count). The number of alkyl halides is 3. The average Bonchev–Trinajstić information content (AvgIpc) is 2.78. The van der Waals surface area contributed by atoms with Gasteiger partial charge in [0.1, 0.15) is 5.69 Å². The van der Waals surface area contributed by atoms with E-state index in [4.69, 9.17) is 4.42 Å². The number of halogens is 3. The van der Waals surface area contributed by atoms with Gasteiger partial charge in [-0.25, -0.2) is 4.98 Å². The maximum Gasteiger partial charge on any atom is 0.314 e. The van der Waals surface area contributed by atoms with Crippen LogP contribution in [0, 0.1) is 0 Å². The minimum Gasteiger partial charge on any atom is -0.414 e. The van der Waals surface area contributed by atoms with E-state index >= 15 is 0 Å². The van der Waals surface area contributed by atoms with Gasteiger partial charge >= 0.3 is 6.43 Å². The summed E-state index contributed by atoms with van der Waals surface area (Å²) in [6.45, 7) is 0. The Morgan fingerprint density at radius 2 is 2.06 bits per heavy atom. The molecule has 84 valence electrons. The zero-order valence-electron chi connectivity index (χ0n) is 7.77. The Morgan fingerprint density at radius 3 is 2.56 bits per heavy atom. The van der Waals surface area contributed by atoms with Crippen LogP contribution < -0.4 is 0 Å². The highest BCUT2D eigenvalue weighted by Crippen LogP contribution is 2.21. The standard InChI is InChI=1S/C8H5BrF2N4O/c9-1-4-2-13-5(3-12-4)7-14-15-8(16-7)6(10)11/h2-3,6H,1H2. The fourth-order valence-electron chi connectivity index (χ4n) is 0.960. The van der Waals surface area contributed by atoms with E-state index in [0.29, 0.717) is 5.33 Å². The number of rotatable bonds is 3. The molecule has 5 nitrogen and oxygen atoms in total. The van der Waals surface area contributed by atoms with Crippen LogP contribution in [0.5, 0.6) is 0 Å². The Kier molecular flexibility index (Phi) is 3.18. The molecule has 2 heterocycles. The van der Waals surface area contributed by atoms with Gasteiger partial charge in [0, 0.05) is 5.33 Å². The smallest absolute Gasteiger partial charge is 0.314 e. The van der Waals surface area contributed by atoms with Crippen LogP contribution in [-0.4, -0.2) is 20.2 Å². The molecule has 0 saturated heterocycles. The molecule has 0 aliphatic heterocycles. The van der Waals surface area contributed by atoms with Gasteiger partial charge < -0.3 is 4.42 Å². The molecule has 0 atom stereocenters. The normalized spacial score (nSPS) is 11.0. The highest BCUT2D eigenvalue weighted by Gasteiger charge is 2.17. The first-order chi connectivity index (χ1) is 7.70. The molecule has 8 heteroatoms. The fraction of sp³-hybridized carbons (Fsp3) is 0.250. The maximum absolute atomic E-state index is 12.2. The first kappa shape index (κ1) is 11.1. The highest BCUT2D eigenvalue weighted by atomic mass is 79.9. The summed E-state index contributed by atoms with van der Waals surface area (Å²) >= 11 is 3.21. The summed E-state index contributed by atoms with van der Waals surface area (Å²) in [5.74, 6) is -0.787. The topological polar surface area (TPSA) is 64.7 Å². The summed E-state index contributed by atoms with van der Waals surface area (Å²) < 4.78 is 29.1. The maximum atomic E-state index is 12.2. The van der Waals surface area contributed by atoms with Crippen molar-refractivity contribution in [3.63, 3.8) is 0 Å². The number of nitrogens with zero attached hydrogens (tertiary/aromatic N) is 4. The van der Waals surface area contributed by atoms with Crippen LogP contribution in [0.15, 0.2) is 16.8 Å². The lowest BCUT2D eigenvalue weighted by Gasteiger charge is -1.95. The summed E-state index contributed by atoms with van der Waals surface area (Å²) in [5, 5.41) is 7.21. The van der Waals surface area contributed by atoms with E-state index in [1.807, 2.05) is 0 Å². The zero-order valence-corrected chi connectivity index (χ0v) is 9.36. The second-order valence-electron chi connectivity index (χ2n) is 2.77. The van der Waals surface area contributed by atoms with Crippen molar-refractivity contribution in [3.8, 4) is 11.6 Å². The van der Waals surface area contributed by atoms with Crippen molar-refractivity contribution in [1.82, 2.24) is 20.2 Å². The van der Waals surface area contributed by atoms with Crippen molar-refractivity contribution >= 4 is 15.9 Å². The van der Waals surface area contributed by atoms with E-state index in [0.717, 1.165) is 5.69 Å². The Bertz CT molecular complexity index is 473. The van der Waals surface area contributed by atoms with Crippen molar-refractivity contribution in [2.75, 3.05) is 0 Å². The molecule has 0 unspecified atom stereocenters. The SMILES string of the molecule is FC(F)c1nnc(-c2cnc(CBr)cn2)o1. The van der Waals surface area contributed by atoms with Crippen molar-refractivity contribution in [3.05, 3.63) is 24.0 Å². The molecule has 0 amide bonds. The van der Waals surface area contributed by atoms with E-state index in [1.54, 1.807) is 0 Å². The quantitative estimate of drug-likeness (QED) is 0.812. The van der Waals surface area contributed by atoms with Gasteiger partial charge in [-0.15, -0.1) is 10.2 Å². The second-order valence-corrected chi connectivity index (χ2v) is 3.33. The minimum atomic E-state index is -2.78. The third kappa shape index (κ3) is 2.21. The lowest BCUT2D eigenvalue weighted by atomic mass is 10.4. The van der Waals surface area contributed by atoms with Gasteiger partial charge in [-0.3, -0.25) is 4.98 Å². The molecule has 0 radical (unpaired) electrons. The second kappa shape index (κ2) is 4.60. The molecular weight excluding hydrogens is 286 g/mol. The Labute approximate surface area is 97.1 Å². The van der Waals surface area contributed by atoms with Crippen molar-refractivity contribution < 1.29 is 13.2 Å². The minimum absolute atomic E-state index is 0.0658. The van der Waals surface area contributed by atoms with Gasteiger partial charge in [0.05, 0.1) is 18.1 Å². The molecule has 2 aromatic heterocycles. The first-order valence-electron chi connectivity index (χ1n) is 4.19. The third-order valence-electron chi connectivity index (χ3n) is 1.69. The van der Waals surface area contributed by atoms with Gasteiger partial charge in [-0.2, -0.15) is 8.78 Å². The monoisotopic (exact) mass is 290 g/mol. The lowest BCUT2D eigenvalue weighted by Crippen LogP contribution is -1.90. The van der Waals surface area contributed by atoms with E-state index in [-0.39, 0.29) is 11.6 Å². The van der Waals surface area contributed by atoms with E-state index in [9.17, 15) is 8.78 Å². The molecule has 0 aliphatic carbocycles. The number of hydrogen-bond acceptors (Lipinski definition) is 5. The number of hydrogen-bond donors (Lipinski definition) is 0. The summed E-state index contributed by atoms with van der Waals surface area (Å²) in [7, 11) is 0. The molecule has 0 fully saturated rings. The van der Waals surface area contributed by atoms with E-state index < -0.39 is 12.3 Å². The van der Waals surface area contributed by atoms with Crippen LogP contribution in [-0.2, 0) is 5.33 Å². The van der Waals surface area contributed by atoms with Crippen LogP contribution in [0.2, 0.25) is 0 Å². The van der Waals surface area contributed by atoms with Crippen molar-refractivity contribution in [1.29, 1.82) is 0 Å². The van der Waals surface area contributed by atoms with Crippen LogP contribution in [0.25, 0.3) is 11.6 Å². The average molecular weight is 291 g/mol. The van der Waals surface area contributed by atoms with E-state index in [1.165, 1.54) is 12.4 Å². The first-order valence-corrected chi connectivity index (χ1v) is 5.31. The molecule has 0 spiro atoms. The zero-order chi connectivity index (χ0) is 11.5. The number of aromatic nitrogens is 4. The summed E-state index contributed by atoms with van der Waals surface area (Å²) in [4.78, 5) is 7.96. The molecular formula is C8H5BrF2N4O. The Hall–Kier alpha value is -1.44. The summed E-state index contributed by atoms with van der Waals surface area (Å²) in [5.41, 5.74) is 0.987. The van der Waals surface area contributed by atoms with Crippen LogP contribution >= 0.6 is 15.9 Å². The highest BCUT2D eigenvalue weighted by molar-refractivity contribution is 9.08. The summed E-state index contributed by atoms with van der Waals surface area (Å²) in [6.07, 6.45) is 0.103.